The first-order valence-electron chi connectivity index (χ1n) is 19.7. The van der Waals surface area contributed by atoms with Crippen molar-refractivity contribution in [3.63, 3.8) is 0 Å². The monoisotopic (exact) mass is 782 g/mol. The second-order valence-corrected chi connectivity index (χ2v) is 14.5. The molecule has 0 radical (unpaired) electrons. The lowest BCUT2D eigenvalue weighted by molar-refractivity contribution is -0.145. The number of esters is 5. The van der Waals surface area contributed by atoms with Crippen LogP contribution in [0.2, 0.25) is 0 Å². The Bertz CT molecular complexity index is 1850. The molecule has 0 saturated heterocycles. The fourth-order valence-corrected chi connectivity index (χ4v) is 6.88. The van der Waals surface area contributed by atoms with Crippen molar-refractivity contribution in [2.45, 2.75) is 84.0 Å². The topological polar surface area (TPSA) is 158 Å². The van der Waals surface area contributed by atoms with Gasteiger partial charge < -0.3 is 28.4 Å². The van der Waals surface area contributed by atoms with Crippen molar-refractivity contribution in [2.75, 3.05) is 13.2 Å². The van der Waals surface area contributed by atoms with Gasteiger partial charge in [-0.15, -0.1) is 0 Å². The summed E-state index contributed by atoms with van der Waals surface area (Å²) in [6.07, 6.45) is 8.84. The molecule has 0 amide bonds. The van der Waals surface area contributed by atoms with Crippen molar-refractivity contribution < 1.29 is 57.2 Å². The van der Waals surface area contributed by atoms with Crippen LogP contribution in [0, 0.1) is 30.6 Å². The van der Waals surface area contributed by atoms with E-state index in [-0.39, 0.29) is 40.8 Å². The molecule has 0 aliphatic heterocycles. The van der Waals surface area contributed by atoms with E-state index in [0.717, 1.165) is 37.3 Å². The normalized spacial score (nSPS) is 19.0. The molecule has 0 unspecified atom stereocenters. The molecular formula is C45H50O12. The van der Waals surface area contributed by atoms with Crippen LogP contribution in [0.3, 0.4) is 0 Å². The summed E-state index contributed by atoms with van der Waals surface area (Å²) in [5.74, 6) is -1.80. The number of aryl methyl sites for hydroxylation is 1. The Morgan fingerprint density at radius 2 is 0.982 bits per heavy atom. The Balaban J connectivity index is 0.986. The molecule has 57 heavy (non-hydrogen) atoms. The van der Waals surface area contributed by atoms with Gasteiger partial charge in [-0.3, -0.25) is 24.0 Å². The van der Waals surface area contributed by atoms with Gasteiger partial charge in [-0.1, -0.05) is 24.3 Å². The van der Waals surface area contributed by atoms with Gasteiger partial charge in [0, 0.05) is 6.08 Å². The SMILES string of the molecule is C=CC(=O)OCCCCCCOc1ccc(OC(=O)C2CCC(C(=O)Oc3ccc(OC(=O)C4CCC(C(=O)Oc5ccc(C)cc5)CC4)c(C=O)c3)CC2)cc1. The lowest BCUT2D eigenvalue weighted by Gasteiger charge is -2.26. The first-order chi connectivity index (χ1) is 27.6. The predicted molar refractivity (Wildman–Crippen MR) is 208 cm³/mol. The van der Waals surface area contributed by atoms with Gasteiger partial charge in [0.2, 0.25) is 0 Å². The van der Waals surface area contributed by atoms with Crippen LogP contribution in [0.5, 0.6) is 28.7 Å². The van der Waals surface area contributed by atoms with Crippen LogP contribution in [0.15, 0.2) is 79.4 Å². The number of unbranched alkanes of at least 4 members (excludes halogenated alkanes) is 3. The maximum absolute atomic E-state index is 13.0. The lowest BCUT2D eigenvalue weighted by Crippen LogP contribution is -2.30. The highest BCUT2D eigenvalue weighted by molar-refractivity contribution is 5.85. The number of carbonyl (C=O) groups excluding carboxylic acids is 6. The largest absolute Gasteiger partial charge is 0.494 e. The summed E-state index contributed by atoms with van der Waals surface area (Å²) in [4.78, 5) is 74.5. The van der Waals surface area contributed by atoms with Crippen LogP contribution in [0.4, 0.5) is 0 Å². The first kappa shape index (κ1) is 42.4. The molecule has 12 heteroatoms. The van der Waals surface area contributed by atoms with Crippen molar-refractivity contribution in [1.82, 2.24) is 0 Å². The molecule has 3 aromatic carbocycles. The molecule has 2 aliphatic carbocycles. The van der Waals surface area contributed by atoms with Crippen LogP contribution in [-0.2, 0) is 28.7 Å². The van der Waals surface area contributed by atoms with Crippen LogP contribution in [0.1, 0.15) is 93.0 Å². The summed E-state index contributed by atoms with van der Waals surface area (Å²) in [5, 5.41) is 0. The van der Waals surface area contributed by atoms with Gasteiger partial charge >= 0.3 is 29.8 Å². The average molecular weight is 783 g/mol. The molecule has 0 bridgehead atoms. The van der Waals surface area contributed by atoms with E-state index < -0.39 is 29.7 Å². The molecule has 0 heterocycles. The zero-order valence-electron chi connectivity index (χ0n) is 32.3. The van der Waals surface area contributed by atoms with E-state index in [1.807, 2.05) is 19.1 Å². The van der Waals surface area contributed by atoms with Gasteiger partial charge in [0.25, 0.3) is 0 Å². The predicted octanol–water partition coefficient (Wildman–Crippen LogP) is 8.11. The smallest absolute Gasteiger partial charge is 0.330 e. The van der Waals surface area contributed by atoms with Crippen molar-refractivity contribution in [3.8, 4) is 28.7 Å². The molecule has 0 atom stereocenters. The van der Waals surface area contributed by atoms with E-state index in [4.69, 9.17) is 28.4 Å². The summed E-state index contributed by atoms with van der Waals surface area (Å²) >= 11 is 0. The number of rotatable bonds is 18. The minimum absolute atomic E-state index is 0.0610. The quantitative estimate of drug-likeness (QED) is 0.0402. The van der Waals surface area contributed by atoms with Crippen molar-refractivity contribution in [2.24, 2.45) is 23.7 Å². The van der Waals surface area contributed by atoms with E-state index in [1.54, 1.807) is 36.4 Å². The maximum atomic E-state index is 13.0. The summed E-state index contributed by atoms with van der Waals surface area (Å²) in [6, 6.07) is 18.4. The fourth-order valence-electron chi connectivity index (χ4n) is 6.88. The van der Waals surface area contributed by atoms with Crippen LogP contribution < -0.4 is 23.7 Å². The molecule has 0 N–H and O–H groups in total. The van der Waals surface area contributed by atoms with Gasteiger partial charge in [-0.05, 0) is 139 Å². The summed E-state index contributed by atoms with van der Waals surface area (Å²) in [5.41, 5.74) is 1.13. The Morgan fingerprint density at radius 1 is 0.561 bits per heavy atom. The zero-order valence-corrected chi connectivity index (χ0v) is 32.3. The third-order valence-electron chi connectivity index (χ3n) is 10.3. The van der Waals surface area contributed by atoms with E-state index in [9.17, 15) is 28.8 Å². The number of carbonyl (C=O) groups is 6. The highest BCUT2D eigenvalue weighted by atomic mass is 16.6. The number of hydrogen-bond acceptors (Lipinski definition) is 12. The fraction of sp³-hybridized carbons (Fsp3) is 0.422. The van der Waals surface area contributed by atoms with Crippen molar-refractivity contribution in [3.05, 3.63) is 90.5 Å². The molecule has 2 saturated carbocycles. The Labute approximate surface area is 332 Å². The number of benzene rings is 3. The summed E-state index contributed by atoms with van der Waals surface area (Å²) in [6.45, 7) is 6.23. The third-order valence-corrected chi connectivity index (χ3v) is 10.3. The second kappa shape index (κ2) is 21.5. The minimum atomic E-state index is -0.490. The highest BCUT2D eigenvalue weighted by Gasteiger charge is 2.34. The molecular weight excluding hydrogens is 732 g/mol. The number of aldehydes is 1. The van der Waals surface area contributed by atoms with Gasteiger partial charge in [-0.2, -0.15) is 0 Å². The minimum Gasteiger partial charge on any atom is -0.494 e. The maximum Gasteiger partial charge on any atom is 0.330 e. The molecule has 0 spiro atoms. The van der Waals surface area contributed by atoms with Gasteiger partial charge in [0.05, 0.1) is 42.4 Å². The molecule has 302 valence electrons. The molecule has 2 fully saturated rings. The molecule has 12 nitrogen and oxygen atoms in total. The Hall–Kier alpha value is -5.78. The van der Waals surface area contributed by atoms with E-state index in [1.165, 1.54) is 18.2 Å². The van der Waals surface area contributed by atoms with Gasteiger partial charge in [0.1, 0.15) is 28.7 Å². The van der Waals surface area contributed by atoms with E-state index in [0.29, 0.717) is 88.1 Å². The number of hydrogen-bond donors (Lipinski definition) is 0. The highest BCUT2D eigenvalue weighted by Crippen LogP contribution is 2.34. The van der Waals surface area contributed by atoms with Crippen molar-refractivity contribution in [1.29, 1.82) is 0 Å². The zero-order chi connectivity index (χ0) is 40.6. The second-order valence-electron chi connectivity index (χ2n) is 14.5. The molecule has 3 aromatic rings. The third kappa shape index (κ3) is 13.2. The van der Waals surface area contributed by atoms with Crippen LogP contribution in [0.25, 0.3) is 0 Å². The summed E-state index contributed by atoms with van der Waals surface area (Å²) in [7, 11) is 0. The number of ether oxygens (including phenoxy) is 6. The van der Waals surface area contributed by atoms with E-state index >= 15 is 0 Å². The van der Waals surface area contributed by atoms with Crippen LogP contribution in [-0.4, -0.2) is 49.3 Å². The van der Waals surface area contributed by atoms with Gasteiger partial charge in [0.15, 0.2) is 6.29 Å². The standard InChI is InChI=1S/C45H50O12/c1-3-41(47)53-27-7-5-4-6-26-52-36-20-22-38(23-21-36)55-43(49)31-10-12-33(13-11-31)44(50)56-39-24-25-40(35(28-39)29-46)57-45(51)34-16-14-32(15-17-34)42(48)54-37-18-8-30(2)9-19-37/h3,8-9,18-25,28-29,31-34H,1,4-7,10-17,26-27H2,2H3. The van der Waals surface area contributed by atoms with Crippen molar-refractivity contribution >= 4 is 36.1 Å². The van der Waals surface area contributed by atoms with Crippen LogP contribution >= 0.6 is 0 Å². The molecule has 2 aliphatic rings. The summed E-state index contributed by atoms with van der Waals surface area (Å²) < 4.78 is 33.0. The Morgan fingerprint density at radius 3 is 1.47 bits per heavy atom. The van der Waals surface area contributed by atoms with Gasteiger partial charge in [-0.25, -0.2) is 4.79 Å². The lowest BCUT2D eigenvalue weighted by atomic mass is 9.82. The molecule has 0 aromatic heterocycles. The first-order valence-corrected chi connectivity index (χ1v) is 19.7. The van der Waals surface area contributed by atoms with E-state index in [2.05, 4.69) is 6.58 Å². The molecule has 5 rings (SSSR count). The Kier molecular flexibility index (Phi) is 16.0. The average Bonchev–Trinajstić information content (AvgIpc) is 3.23.